The largest absolute Gasteiger partial charge is 0.367 e. The number of carbonyl (C=O) groups excluding carboxylic acids is 1. The minimum Gasteiger partial charge on any atom is -0.367 e. The molecule has 1 heterocycles. The summed E-state index contributed by atoms with van der Waals surface area (Å²) in [5.41, 5.74) is 3.33. The number of aromatic nitrogens is 1. The first kappa shape index (κ1) is 21.2. The average molecular weight is 421 g/mol. The molecule has 0 atom stereocenters. The van der Waals surface area contributed by atoms with Gasteiger partial charge >= 0.3 is 0 Å². The number of pyridine rings is 1. The van der Waals surface area contributed by atoms with Crippen LogP contribution in [0.5, 0.6) is 0 Å². The van der Waals surface area contributed by atoms with Crippen LogP contribution in [-0.2, 0) is 6.42 Å². The maximum Gasteiger partial charge on any atom is 0.216 e. The lowest BCUT2D eigenvalue weighted by atomic mass is 9.99. The van der Waals surface area contributed by atoms with Crippen LogP contribution in [-0.4, -0.2) is 23.4 Å². The van der Waals surface area contributed by atoms with Gasteiger partial charge in [-0.25, -0.2) is 9.37 Å². The average Bonchev–Trinajstić information content (AvgIpc) is 3.59. The van der Waals surface area contributed by atoms with E-state index in [2.05, 4.69) is 16.8 Å². The Morgan fingerprint density at radius 1 is 1.06 bits per heavy atom. The van der Waals surface area contributed by atoms with Crippen molar-refractivity contribution in [3.05, 3.63) is 83.7 Å². The van der Waals surface area contributed by atoms with Crippen molar-refractivity contribution in [3.63, 3.8) is 0 Å². The summed E-state index contributed by atoms with van der Waals surface area (Å²) in [6.45, 7) is 2.14. The van der Waals surface area contributed by atoms with Gasteiger partial charge in [-0.1, -0.05) is 43.3 Å². The molecular weight excluding hydrogens is 394 g/mol. The van der Waals surface area contributed by atoms with E-state index in [-0.39, 0.29) is 23.6 Å². The summed E-state index contributed by atoms with van der Waals surface area (Å²) in [7, 11) is 1.96. The van der Waals surface area contributed by atoms with Gasteiger partial charge in [-0.15, -0.1) is 0 Å². The van der Waals surface area contributed by atoms with E-state index in [9.17, 15) is 13.6 Å². The third-order valence-electron chi connectivity index (χ3n) is 6.50. The predicted octanol–water partition coefficient (Wildman–Crippen LogP) is 6.22. The molecule has 1 saturated carbocycles. The van der Waals surface area contributed by atoms with Crippen molar-refractivity contribution in [2.45, 2.75) is 44.6 Å². The summed E-state index contributed by atoms with van der Waals surface area (Å²) in [5, 5.41) is 0. The third-order valence-corrected chi connectivity index (χ3v) is 6.50. The van der Waals surface area contributed by atoms with Crippen molar-refractivity contribution in [3.8, 4) is 11.1 Å². The van der Waals surface area contributed by atoms with E-state index in [4.69, 9.17) is 0 Å². The Morgan fingerprint density at radius 2 is 1.77 bits per heavy atom. The summed E-state index contributed by atoms with van der Waals surface area (Å²) in [4.78, 5) is 18.1. The van der Waals surface area contributed by atoms with Crippen molar-refractivity contribution in [1.82, 2.24) is 4.98 Å². The number of aryl methyl sites for hydroxylation is 1. The van der Waals surface area contributed by atoms with E-state index in [0.717, 1.165) is 30.4 Å². The fourth-order valence-electron chi connectivity index (χ4n) is 4.13. The van der Waals surface area contributed by atoms with Crippen LogP contribution in [0.15, 0.2) is 60.8 Å². The number of ketones is 1. The second-order valence-corrected chi connectivity index (χ2v) is 8.26. The van der Waals surface area contributed by atoms with E-state index in [1.165, 1.54) is 6.20 Å². The number of hydrogen-bond acceptors (Lipinski definition) is 3. The number of benzene rings is 2. The van der Waals surface area contributed by atoms with E-state index in [0.29, 0.717) is 23.2 Å². The van der Waals surface area contributed by atoms with Crippen LogP contribution in [0.4, 0.5) is 14.5 Å². The molecule has 1 aromatic heterocycles. The Balaban J connectivity index is 1.45. The van der Waals surface area contributed by atoms with E-state index < -0.39 is 5.95 Å². The highest BCUT2D eigenvalue weighted by molar-refractivity contribution is 5.96. The normalized spacial score (nSPS) is 14.3. The molecule has 0 spiro atoms. The van der Waals surface area contributed by atoms with Gasteiger partial charge in [-0.05, 0) is 55.0 Å². The number of anilines is 1. The minimum absolute atomic E-state index is 0.0627. The lowest BCUT2D eigenvalue weighted by Gasteiger charge is -2.29. The maximum absolute atomic E-state index is 14.9. The van der Waals surface area contributed by atoms with Crippen LogP contribution in [0.1, 0.15) is 48.5 Å². The molecule has 5 heteroatoms. The molecule has 0 radical (unpaired) electrons. The summed E-state index contributed by atoms with van der Waals surface area (Å²) < 4.78 is 28.5. The lowest BCUT2D eigenvalue weighted by Crippen LogP contribution is -2.33. The van der Waals surface area contributed by atoms with Crippen LogP contribution < -0.4 is 4.90 Å². The minimum atomic E-state index is -0.534. The molecule has 1 aliphatic rings. The second-order valence-electron chi connectivity index (χ2n) is 8.26. The van der Waals surface area contributed by atoms with Crippen LogP contribution in [0.3, 0.4) is 0 Å². The van der Waals surface area contributed by atoms with Crippen LogP contribution in [0.25, 0.3) is 11.1 Å². The van der Waals surface area contributed by atoms with Gasteiger partial charge in [0.1, 0.15) is 5.82 Å². The Labute approximate surface area is 181 Å². The summed E-state index contributed by atoms with van der Waals surface area (Å²) in [5.74, 6) is -0.834. The molecule has 31 heavy (non-hydrogen) atoms. The van der Waals surface area contributed by atoms with Crippen LogP contribution >= 0.6 is 0 Å². The number of Topliss-reactive ketones (excluding diaryl/α,β-unsaturated/α-hetero) is 1. The van der Waals surface area contributed by atoms with Crippen molar-refractivity contribution in [2.24, 2.45) is 0 Å². The Hall–Kier alpha value is -3.08. The molecule has 0 N–H and O–H groups in total. The first-order chi connectivity index (χ1) is 14.9. The fraction of sp³-hybridized carbons (Fsp3) is 0.308. The van der Waals surface area contributed by atoms with E-state index in [1.807, 2.05) is 31.3 Å². The molecular formula is C26H26F2N2O. The highest BCUT2D eigenvalue weighted by Crippen LogP contribution is 2.46. The molecule has 1 aliphatic carbocycles. The SMILES string of the molecule is CCC1(N(C)c2ccc(-c3ccc(C(=O)CCc4cccnc4F)cc3)cc2F)CC1. The molecule has 0 unspecified atom stereocenters. The van der Waals surface area contributed by atoms with Gasteiger partial charge in [0.15, 0.2) is 5.78 Å². The second kappa shape index (κ2) is 8.58. The number of hydrogen-bond donors (Lipinski definition) is 0. The molecule has 3 aromatic rings. The van der Waals surface area contributed by atoms with Gasteiger partial charge < -0.3 is 4.90 Å². The van der Waals surface area contributed by atoms with Crippen molar-refractivity contribution in [2.75, 3.05) is 11.9 Å². The zero-order valence-electron chi connectivity index (χ0n) is 17.9. The van der Waals surface area contributed by atoms with Crippen molar-refractivity contribution in [1.29, 1.82) is 0 Å². The Kier molecular flexibility index (Phi) is 5.86. The topological polar surface area (TPSA) is 33.2 Å². The first-order valence-corrected chi connectivity index (χ1v) is 10.7. The maximum atomic E-state index is 14.9. The third kappa shape index (κ3) is 4.36. The van der Waals surface area contributed by atoms with Gasteiger partial charge in [0.05, 0.1) is 5.69 Å². The highest BCUT2D eigenvalue weighted by atomic mass is 19.1. The fourth-order valence-corrected chi connectivity index (χ4v) is 4.13. The Morgan fingerprint density at radius 3 is 2.39 bits per heavy atom. The summed E-state index contributed by atoms with van der Waals surface area (Å²) >= 11 is 0. The molecule has 0 amide bonds. The van der Waals surface area contributed by atoms with Gasteiger partial charge in [-0.2, -0.15) is 4.39 Å². The standard InChI is InChI=1S/C26H26F2N2O/c1-3-26(14-15-26)30(2)23-12-10-21(17-22(23)27)18-6-8-19(9-7-18)24(31)13-11-20-5-4-16-29-25(20)28/h4-10,12,16-17H,3,11,13-15H2,1-2H3. The molecule has 1 fully saturated rings. The quantitative estimate of drug-likeness (QED) is 0.320. The molecule has 0 aliphatic heterocycles. The number of rotatable bonds is 8. The Bertz CT molecular complexity index is 1090. The lowest BCUT2D eigenvalue weighted by molar-refractivity contribution is 0.0982. The molecule has 160 valence electrons. The van der Waals surface area contributed by atoms with Gasteiger partial charge in [0.25, 0.3) is 0 Å². The zero-order valence-corrected chi connectivity index (χ0v) is 17.9. The van der Waals surface area contributed by atoms with Crippen molar-refractivity contribution < 1.29 is 13.6 Å². The van der Waals surface area contributed by atoms with E-state index in [1.54, 1.807) is 30.3 Å². The van der Waals surface area contributed by atoms with Gasteiger partial charge in [0, 0.05) is 36.3 Å². The number of halogens is 2. The highest BCUT2D eigenvalue weighted by Gasteiger charge is 2.45. The molecule has 0 bridgehead atoms. The van der Waals surface area contributed by atoms with E-state index >= 15 is 0 Å². The summed E-state index contributed by atoms with van der Waals surface area (Å²) in [6.07, 6.45) is 5.11. The van der Waals surface area contributed by atoms with Crippen molar-refractivity contribution >= 4 is 11.5 Å². The monoisotopic (exact) mass is 420 g/mol. The van der Waals surface area contributed by atoms with Gasteiger partial charge in [0.2, 0.25) is 5.95 Å². The van der Waals surface area contributed by atoms with Gasteiger partial charge in [-0.3, -0.25) is 4.79 Å². The molecule has 4 rings (SSSR count). The number of nitrogens with zero attached hydrogens (tertiary/aromatic N) is 2. The molecule has 0 saturated heterocycles. The summed E-state index contributed by atoms with van der Waals surface area (Å²) in [6, 6.07) is 15.7. The first-order valence-electron chi connectivity index (χ1n) is 10.7. The van der Waals surface area contributed by atoms with Crippen LogP contribution in [0, 0.1) is 11.8 Å². The molecule has 3 nitrogen and oxygen atoms in total. The zero-order chi connectivity index (χ0) is 22.0. The van der Waals surface area contributed by atoms with Crippen LogP contribution in [0.2, 0.25) is 0 Å². The predicted molar refractivity (Wildman–Crippen MR) is 119 cm³/mol. The smallest absolute Gasteiger partial charge is 0.216 e. The molecule has 2 aromatic carbocycles. The number of carbonyl (C=O) groups is 1.